The van der Waals surface area contributed by atoms with Gasteiger partial charge in [0.25, 0.3) is 5.91 Å². The third-order valence-electron chi connectivity index (χ3n) is 5.39. The number of halogens is 1. The van der Waals surface area contributed by atoms with Crippen molar-refractivity contribution < 1.29 is 14.0 Å². The van der Waals surface area contributed by atoms with Crippen LogP contribution in [-0.2, 0) is 4.79 Å². The number of rotatable bonds is 4. The first kappa shape index (κ1) is 19.1. The second-order valence-electron chi connectivity index (χ2n) is 7.13. The molecule has 0 spiro atoms. The van der Waals surface area contributed by atoms with Crippen molar-refractivity contribution >= 4 is 24.0 Å². The number of hydrogen-bond acceptors (Lipinski definition) is 6. The maximum absolute atomic E-state index is 14.0. The van der Waals surface area contributed by atoms with Crippen LogP contribution in [0.1, 0.15) is 10.4 Å². The topological polar surface area (TPSA) is 72.9 Å². The van der Waals surface area contributed by atoms with Crippen LogP contribution >= 0.6 is 0 Å². The van der Waals surface area contributed by atoms with E-state index < -0.39 is 0 Å². The van der Waals surface area contributed by atoms with Crippen LogP contribution in [0.5, 0.6) is 0 Å². The van der Waals surface area contributed by atoms with Crippen molar-refractivity contribution in [2.24, 2.45) is 0 Å². The van der Waals surface area contributed by atoms with E-state index in [2.05, 4.69) is 9.97 Å². The van der Waals surface area contributed by atoms with Crippen molar-refractivity contribution in [1.82, 2.24) is 19.8 Å². The summed E-state index contributed by atoms with van der Waals surface area (Å²) in [6.07, 6.45) is 3.92. The van der Waals surface area contributed by atoms with Crippen molar-refractivity contribution in [3.05, 3.63) is 48.0 Å². The first-order valence-corrected chi connectivity index (χ1v) is 9.71. The minimum absolute atomic E-state index is 0.119. The Morgan fingerprint density at radius 2 is 1.52 bits per heavy atom. The van der Waals surface area contributed by atoms with Crippen LogP contribution in [0, 0.1) is 5.82 Å². The Morgan fingerprint density at radius 3 is 2.14 bits per heavy atom. The molecule has 2 fully saturated rings. The van der Waals surface area contributed by atoms with Crippen LogP contribution in [0.3, 0.4) is 0 Å². The first-order chi connectivity index (χ1) is 14.2. The van der Waals surface area contributed by atoms with Gasteiger partial charge in [-0.3, -0.25) is 9.59 Å². The molecule has 0 atom stereocenters. The molecule has 0 bridgehead atoms. The molecular formula is C20H23FN6O2. The molecule has 152 valence electrons. The molecule has 2 aliphatic heterocycles. The molecule has 0 radical (unpaired) electrons. The average molecular weight is 398 g/mol. The summed E-state index contributed by atoms with van der Waals surface area (Å²) in [5.41, 5.74) is 1.06. The number of nitrogens with zero attached hydrogens (tertiary/aromatic N) is 6. The number of hydrogen-bond donors (Lipinski definition) is 0. The van der Waals surface area contributed by atoms with Crippen LogP contribution in [-0.4, -0.2) is 84.4 Å². The second-order valence-corrected chi connectivity index (χ2v) is 7.13. The summed E-state index contributed by atoms with van der Waals surface area (Å²) in [6.45, 7) is 4.80. The fourth-order valence-electron chi connectivity index (χ4n) is 3.66. The van der Waals surface area contributed by atoms with Crippen molar-refractivity contribution in [3.8, 4) is 0 Å². The Balaban J connectivity index is 1.35. The highest BCUT2D eigenvalue weighted by atomic mass is 19.1. The minimum atomic E-state index is -0.214. The molecule has 8 nitrogen and oxygen atoms in total. The van der Waals surface area contributed by atoms with E-state index in [-0.39, 0.29) is 11.7 Å². The molecule has 3 heterocycles. The fraction of sp³-hybridized carbons (Fsp3) is 0.400. The molecule has 2 saturated heterocycles. The van der Waals surface area contributed by atoms with Gasteiger partial charge in [-0.1, -0.05) is 12.1 Å². The van der Waals surface area contributed by atoms with Crippen molar-refractivity contribution in [2.45, 2.75) is 0 Å². The summed E-state index contributed by atoms with van der Waals surface area (Å²) >= 11 is 0. The lowest BCUT2D eigenvalue weighted by atomic mass is 10.2. The maximum atomic E-state index is 14.0. The normalized spacial score (nSPS) is 17.4. The second kappa shape index (κ2) is 8.42. The molecule has 2 amide bonds. The van der Waals surface area contributed by atoms with Crippen LogP contribution in [0.25, 0.3) is 0 Å². The van der Waals surface area contributed by atoms with Crippen molar-refractivity contribution in [1.29, 1.82) is 0 Å². The zero-order valence-electron chi connectivity index (χ0n) is 16.1. The van der Waals surface area contributed by atoms with E-state index in [0.717, 1.165) is 6.41 Å². The van der Waals surface area contributed by atoms with Gasteiger partial charge in [0.2, 0.25) is 12.4 Å². The summed E-state index contributed by atoms with van der Waals surface area (Å²) in [6, 6.07) is 6.78. The quantitative estimate of drug-likeness (QED) is 0.712. The Morgan fingerprint density at radius 1 is 0.897 bits per heavy atom. The molecular weight excluding hydrogens is 375 g/mol. The number of carbonyl (C=O) groups excluding carboxylic acids is 2. The maximum Gasteiger partial charge on any atom is 0.257 e. The number of benzene rings is 1. The lowest BCUT2D eigenvalue weighted by molar-refractivity contribution is -0.119. The van der Waals surface area contributed by atoms with Crippen molar-refractivity contribution in [2.75, 3.05) is 62.2 Å². The molecule has 29 heavy (non-hydrogen) atoms. The molecule has 1 aromatic carbocycles. The number of piperazine rings is 2. The highest BCUT2D eigenvalue weighted by Crippen LogP contribution is 2.21. The lowest BCUT2D eigenvalue weighted by Crippen LogP contribution is -2.48. The van der Waals surface area contributed by atoms with E-state index in [0.29, 0.717) is 69.6 Å². The number of para-hydroxylation sites is 1. The number of anilines is 2. The standard InChI is InChI=1S/C20H23FN6O2/c21-17-3-1-2-4-18(17)25-9-11-27(12-10-25)20-22-13-16(14-23-20)19(29)26-7-5-24(15-28)6-8-26/h1-4,13-15H,5-12H2. The van der Waals surface area contributed by atoms with Crippen LogP contribution in [0.15, 0.2) is 36.7 Å². The molecule has 0 N–H and O–H groups in total. The van der Waals surface area contributed by atoms with Crippen LogP contribution in [0.4, 0.5) is 16.0 Å². The highest BCUT2D eigenvalue weighted by Gasteiger charge is 2.24. The minimum Gasteiger partial charge on any atom is -0.366 e. The fourth-order valence-corrected chi connectivity index (χ4v) is 3.66. The zero-order valence-corrected chi connectivity index (χ0v) is 16.1. The Kier molecular flexibility index (Phi) is 5.55. The molecule has 0 unspecified atom stereocenters. The lowest BCUT2D eigenvalue weighted by Gasteiger charge is -2.36. The molecule has 0 aliphatic carbocycles. The van der Waals surface area contributed by atoms with Gasteiger partial charge in [0.1, 0.15) is 5.82 Å². The zero-order chi connectivity index (χ0) is 20.2. The van der Waals surface area contributed by atoms with Gasteiger partial charge in [-0.05, 0) is 12.1 Å². The van der Waals surface area contributed by atoms with Gasteiger partial charge in [0, 0.05) is 64.8 Å². The van der Waals surface area contributed by atoms with E-state index in [1.807, 2.05) is 15.9 Å². The van der Waals surface area contributed by atoms with E-state index in [1.165, 1.54) is 6.07 Å². The summed E-state index contributed by atoms with van der Waals surface area (Å²) in [5.74, 6) is 0.237. The Hall–Kier alpha value is -3.23. The number of carbonyl (C=O) groups is 2. The third-order valence-corrected chi connectivity index (χ3v) is 5.39. The molecule has 0 saturated carbocycles. The average Bonchev–Trinajstić information content (AvgIpc) is 2.79. The Bertz CT molecular complexity index is 862. The number of amides is 2. The van der Waals surface area contributed by atoms with Gasteiger partial charge in [-0.15, -0.1) is 0 Å². The van der Waals surface area contributed by atoms with E-state index in [9.17, 15) is 14.0 Å². The van der Waals surface area contributed by atoms with Gasteiger partial charge in [-0.2, -0.15) is 0 Å². The van der Waals surface area contributed by atoms with E-state index >= 15 is 0 Å². The van der Waals surface area contributed by atoms with Gasteiger partial charge in [-0.25, -0.2) is 14.4 Å². The molecule has 2 aliphatic rings. The monoisotopic (exact) mass is 398 g/mol. The first-order valence-electron chi connectivity index (χ1n) is 9.71. The Labute approximate surface area is 168 Å². The summed E-state index contributed by atoms with van der Waals surface area (Å²) in [5, 5.41) is 0. The molecule has 2 aromatic rings. The smallest absolute Gasteiger partial charge is 0.257 e. The predicted molar refractivity (Wildman–Crippen MR) is 106 cm³/mol. The largest absolute Gasteiger partial charge is 0.366 e. The van der Waals surface area contributed by atoms with Crippen LogP contribution < -0.4 is 9.80 Å². The van der Waals surface area contributed by atoms with Gasteiger partial charge >= 0.3 is 0 Å². The SMILES string of the molecule is O=CN1CCN(C(=O)c2cnc(N3CCN(c4ccccc4F)CC3)nc2)CC1. The van der Waals surface area contributed by atoms with Crippen molar-refractivity contribution in [3.63, 3.8) is 0 Å². The third kappa shape index (κ3) is 4.13. The summed E-state index contributed by atoms with van der Waals surface area (Å²) in [7, 11) is 0. The van der Waals surface area contributed by atoms with Gasteiger partial charge in [0.05, 0.1) is 11.3 Å². The highest BCUT2D eigenvalue weighted by molar-refractivity contribution is 5.93. The molecule has 4 rings (SSSR count). The number of aromatic nitrogens is 2. The van der Waals surface area contributed by atoms with Gasteiger partial charge < -0.3 is 19.6 Å². The molecule has 9 heteroatoms. The van der Waals surface area contributed by atoms with E-state index in [4.69, 9.17) is 0 Å². The predicted octanol–water partition coefficient (Wildman–Crippen LogP) is 0.856. The summed E-state index contributed by atoms with van der Waals surface area (Å²) < 4.78 is 14.0. The van der Waals surface area contributed by atoms with E-state index in [1.54, 1.807) is 34.3 Å². The summed E-state index contributed by atoms with van der Waals surface area (Å²) in [4.78, 5) is 39.6. The van der Waals surface area contributed by atoms with Crippen LogP contribution in [0.2, 0.25) is 0 Å². The van der Waals surface area contributed by atoms with Gasteiger partial charge in [0.15, 0.2) is 0 Å². The molecule has 1 aromatic heterocycles.